The fourth-order valence-electron chi connectivity index (χ4n) is 2.84. The summed E-state index contributed by atoms with van der Waals surface area (Å²) in [7, 11) is 0. The van der Waals surface area contributed by atoms with Gasteiger partial charge in [0.15, 0.2) is 0 Å². The van der Waals surface area contributed by atoms with E-state index in [1.807, 2.05) is 0 Å². The Morgan fingerprint density at radius 2 is 1.68 bits per heavy atom. The Bertz CT molecular complexity index is 834. The molecule has 0 atom stereocenters. The molecule has 4 nitrogen and oxygen atoms in total. The number of hydrogen-bond donors (Lipinski definition) is 0. The predicted octanol–water partition coefficient (Wildman–Crippen LogP) is 4.61. The van der Waals surface area contributed by atoms with Crippen molar-refractivity contribution in [3.05, 3.63) is 70.8 Å². The molecule has 7 heteroatoms. The molecule has 0 spiro atoms. The summed E-state index contributed by atoms with van der Waals surface area (Å²) in [6.45, 7) is 3.30. The van der Waals surface area contributed by atoms with Gasteiger partial charge in [-0.2, -0.15) is 13.2 Å². The van der Waals surface area contributed by atoms with E-state index in [0.717, 1.165) is 6.07 Å². The van der Waals surface area contributed by atoms with Crippen molar-refractivity contribution in [3.8, 4) is 0 Å². The average Bonchev–Trinajstić information content (AvgIpc) is 2.64. The van der Waals surface area contributed by atoms with Crippen LogP contribution in [0.3, 0.4) is 0 Å². The van der Waals surface area contributed by atoms with E-state index in [1.165, 1.54) is 23.1 Å². The number of amides is 1. The van der Waals surface area contributed by atoms with Crippen LogP contribution >= 0.6 is 0 Å². The van der Waals surface area contributed by atoms with Gasteiger partial charge in [0.1, 0.15) is 0 Å². The van der Waals surface area contributed by atoms with Crippen LogP contribution in [0.15, 0.2) is 48.5 Å². The van der Waals surface area contributed by atoms with Crippen LogP contribution in [0.5, 0.6) is 0 Å². The number of carbonyl (C=O) groups is 2. The van der Waals surface area contributed by atoms with E-state index in [9.17, 15) is 22.8 Å². The summed E-state index contributed by atoms with van der Waals surface area (Å²) in [5, 5.41) is 0. The number of alkyl halides is 3. The molecule has 0 aliphatic heterocycles. The van der Waals surface area contributed by atoms with Crippen LogP contribution in [0.1, 0.15) is 40.4 Å². The molecule has 28 heavy (non-hydrogen) atoms. The monoisotopic (exact) mass is 393 g/mol. The number of halogens is 3. The molecule has 0 radical (unpaired) electrons. The highest BCUT2D eigenvalue weighted by Gasteiger charge is 2.33. The molecule has 0 saturated carbocycles. The van der Waals surface area contributed by atoms with E-state index in [4.69, 9.17) is 4.74 Å². The molecular weight excluding hydrogens is 371 g/mol. The Labute approximate surface area is 161 Å². The van der Waals surface area contributed by atoms with E-state index in [2.05, 4.69) is 0 Å². The number of benzene rings is 2. The van der Waals surface area contributed by atoms with Gasteiger partial charge in [-0.05, 0) is 37.1 Å². The minimum absolute atomic E-state index is 0.0270. The molecule has 0 aliphatic rings. The lowest BCUT2D eigenvalue weighted by Gasteiger charge is -2.25. The summed E-state index contributed by atoms with van der Waals surface area (Å²) in [4.78, 5) is 26.0. The maximum absolute atomic E-state index is 13.3. The molecule has 0 N–H and O–H groups in total. The number of nitrogens with zero attached hydrogens (tertiary/aromatic N) is 1. The van der Waals surface area contributed by atoms with E-state index >= 15 is 0 Å². The molecule has 0 aliphatic carbocycles. The first-order chi connectivity index (χ1) is 13.2. The Balaban J connectivity index is 2.33. The van der Waals surface area contributed by atoms with Crippen LogP contribution in [-0.2, 0) is 22.3 Å². The third-order valence-electron chi connectivity index (χ3n) is 4.24. The van der Waals surface area contributed by atoms with Crippen molar-refractivity contribution in [2.24, 2.45) is 0 Å². The summed E-state index contributed by atoms with van der Waals surface area (Å²) >= 11 is 0. The lowest BCUT2D eigenvalue weighted by Crippen LogP contribution is -2.34. The molecule has 0 aromatic heterocycles. The SMILES string of the molecule is CCOC(=O)CCN(Cc1ccccc1C(F)(F)F)C(=O)c1ccccc1C. The van der Waals surface area contributed by atoms with E-state index < -0.39 is 23.6 Å². The second-order valence-electron chi connectivity index (χ2n) is 6.25. The number of hydrogen-bond acceptors (Lipinski definition) is 3. The lowest BCUT2D eigenvalue weighted by molar-refractivity contribution is -0.143. The van der Waals surface area contributed by atoms with Crippen molar-refractivity contribution in [2.45, 2.75) is 33.0 Å². The van der Waals surface area contributed by atoms with Crippen LogP contribution in [0.25, 0.3) is 0 Å². The van der Waals surface area contributed by atoms with Gasteiger partial charge in [-0.15, -0.1) is 0 Å². The normalized spacial score (nSPS) is 11.2. The van der Waals surface area contributed by atoms with Crippen molar-refractivity contribution < 1.29 is 27.5 Å². The molecule has 2 aromatic rings. The summed E-state index contributed by atoms with van der Waals surface area (Å²) in [6.07, 6.45) is -4.63. The van der Waals surface area contributed by atoms with Gasteiger partial charge in [-0.25, -0.2) is 0 Å². The molecule has 2 rings (SSSR count). The first kappa shape index (κ1) is 21.5. The summed E-state index contributed by atoms with van der Waals surface area (Å²) in [6, 6.07) is 11.9. The molecular formula is C21H22F3NO3. The van der Waals surface area contributed by atoms with E-state index in [0.29, 0.717) is 11.1 Å². The largest absolute Gasteiger partial charge is 0.466 e. The summed E-state index contributed by atoms with van der Waals surface area (Å²) in [5.74, 6) is -0.937. The fourth-order valence-corrected chi connectivity index (χ4v) is 2.84. The van der Waals surface area contributed by atoms with Crippen molar-refractivity contribution in [2.75, 3.05) is 13.2 Å². The van der Waals surface area contributed by atoms with Crippen molar-refractivity contribution in [1.82, 2.24) is 4.90 Å². The highest BCUT2D eigenvalue weighted by Crippen LogP contribution is 2.32. The number of carbonyl (C=O) groups excluding carboxylic acids is 2. The molecule has 2 aromatic carbocycles. The topological polar surface area (TPSA) is 46.6 Å². The van der Waals surface area contributed by atoms with Crippen LogP contribution < -0.4 is 0 Å². The molecule has 0 bridgehead atoms. The average molecular weight is 393 g/mol. The van der Waals surface area contributed by atoms with Crippen LogP contribution in [0.2, 0.25) is 0 Å². The quantitative estimate of drug-likeness (QED) is 0.646. The predicted molar refractivity (Wildman–Crippen MR) is 98.6 cm³/mol. The number of esters is 1. The van der Waals surface area contributed by atoms with Crippen LogP contribution in [0.4, 0.5) is 13.2 Å². The standard InChI is InChI=1S/C21H22F3NO3/c1-3-28-19(26)12-13-25(20(27)17-10-6-4-8-15(17)2)14-16-9-5-7-11-18(16)21(22,23)24/h4-11H,3,12-14H2,1-2H3. The number of aryl methyl sites for hydroxylation is 1. The zero-order chi connectivity index (χ0) is 20.7. The molecule has 0 fully saturated rings. The maximum atomic E-state index is 13.3. The highest BCUT2D eigenvalue weighted by atomic mass is 19.4. The second-order valence-corrected chi connectivity index (χ2v) is 6.25. The lowest BCUT2D eigenvalue weighted by atomic mass is 10.0. The zero-order valence-corrected chi connectivity index (χ0v) is 15.8. The highest BCUT2D eigenvalue weighted by molar-refractivity contribution is 5.95. The van der Waals surface area contributed by atoms with Gasteiger partial charge < -0.3 is 9.64 Å². The Morgan fingerprint density at radius 3 is 2.32 bits per heavy atom. The third-order valence-corrected chi connectivity index (χ3v) is 4.24. The maximum Gasteiger partial charge on any atom is 0.416 e. The minimum atomic E-state index is -4.53. The fraction of sp³-hybridized carbons (Fsp3) is 0.333. The van der Waals surface area contributed by atoms with Crippen LogP contribution in [-0.4, -0.2) is 29.9 Å². The third kappa shape index (κ3) is 5.58. The van der Waals surface area contributed by atoms with Gasteiger partial charge in [0, 0.05) is 18.7 Å². The van der Waals surface area contributed by atoms with Crippen LogP contribution in [0, 0.1) is 6.92 Å². The number of ether oxygens (including phenoxy) is 1. The Hall–Kier alpha value is -2.83. The zero-order valence-electron chi connectivity index (χ0n) is 15.8. The van der Waals surface area contributed by atoms with Gasteiger partial charge in [0.25, 0.3) is 5.91 Å². The molecule has 0 unspecified atom stereocenters. The summed E-state index contributed by atoms with van der Waals surface area (Å²) < 4.78 is 44.8. The molecule has 1 amide bonds. The molecule has 0 saturated heterocycles. The van der Waals surface area contributed by atoms with Crippen molar-refractivity contribution in [3.63, 3.8) is 0 Å². The molecule has 0 heterocycles. The second kappa shape index (κ2) is 9.39. The van der Waals surface area contributed by atoms with Crippen molar-refractivity contribution >= 4 is 11.9 Å². The van der Waals surface area contributed by atoms with Gasteiger partial charge in [0.2, 0.25) is 0 Å². The smallest absolute Gasteiger partial charge is 0.416 e. The van der Waals surface area contributed by atoms with E-state index in [1.54, 1.807) is 38.1 Å². The van der Waals surface area contributed by atoms with Gasteiger partial charge in [-0.1, -0.05) is 36.4 Å². The first-order valence-corrected chi connectivity index (χ1v) is 8.89. The van der Waals surface area contributed by atoms with Crippen molar-refractivity contribution in [1.29, 1.82) is 0 Å². The molecule has 150 valence electrons. The number of rotatable bonds is 7. The Morgan fingerprint density at radius 1 is 1.04 bits per heavy atom. The Kier molecular flexibility index (Phi) is 7.20. The van der Waals surface area contributed by atoms with Gasteiger partial charge in [-0.3, -0.25) is 9.59 Å². The first-order valence-electron chi connectivity index (χ1n) is 8.89. The van der Waals surface area contributed by atoms with Gasteiger partial charge >= 0.3 is 12.1 Å². The van der Waals surface area contributed by atoms with Gasteiger partial charge in [0.05, 0.1) is 18.6 Å². The minimum Gasteiger partial charge on any atom is -0.466 e. The summed E-state index contributed by atoms with van der Waals surface area (Å²) in [5.41, 5.74) is 0.267. The van der Waals surface area contributed by atoms with E-state index in [-0.39, 0.29) is 31.7 Å².